The predicted molar refractivity (Wildman–Crippen MR) is 96.2 cm³/mol. The third-order valence-electron chi connectivity index (χ3n) is 6.24. The molecule has 0 heterocycles. The molecule has 0 saturated heterocycles. The summed E-state index contributed by atoms with van der Waals surface area (Å²) in [5.41, 5.74) is 4.32. The van der Waals surface area contributed by atoms with E-state index < -0.39 is 11.6 Å². The minimum atomic E-state index is -0.661. The minimum Gasteiger partial charge on any atom is -0.203 e. The molecule has 1 aromatic rings. The smallest absolute Gasteiger partial charge is 0.162 e. The molecule has 0 aliphatic heterocycles. The van der Waals surface area contributed by atoms with Gasteiger partial charge in [0.2, 0.25) is 0 Å². The highest BCUT2D eigenvalue weighted by Gasteiger charge is 2.26. The molecular weight excluding hydrogens is 302 g/mol. The molecule has 0 nitrogen and oxygen atoms in total. The van der Waals surface area contributed by atoms with Crippen LogP contribution in [0.3, 0.4) is 0 Å². The average molecular weight is 332 g/mol. The summed E-state index contributed by atoms with van der Waals surface area (Å²) >= 11 is 0. The fourth-order valence-electron chi connectivity index (χ4n) is 4.68. The molecule has 0 bridgehead atoms. The van der Waals surface area contributed by atoms with E-state index in [2.05, 4.69) is 6.92 Å². The maximum Gasteiger partial charge on any atom is 0.162 e. The van der Waals surface area contributed by atoms with Gasteiger partial charge in [-0.05, 0) is 81.3 Å². The van der Waals surface area contributed by atoms with Crippen molar-refractivity contribution in [2.75, 3.05) is 0 Å². The van der Waals surface area contributed by atoms with E-state index in [1.54, 1.807) is 30.2 Å². The molecule has 2 aliphatic carbocycles. The van der Waals surface area contributed by atoms with Crippen LogP contribution in [0.1, 0.15) is 88.2 Å². The molecule has 2 saturated carbocycles. The van der Waals surface area contributed by atoms with Crippen molar-refractivity contribution in [1.82, 2.24) is 0 Å². The lowest BCUT2D eigenvalue weighted by Crippen LogP contribution is -2.14. The van der Waals surface area contributed by atoms with Gasteiger partial charge in [0.1, 0.15) is 0 Å². The van der Waals surface area contributed by atoms with Crippen molar-refractivity contribution in [2.45, 2.75) is 84.0 Å². The number of benzene rings is 1. The maximum atomic E-state index is 14.2. The first-order valence-electron chi connectivity index (χ1n) is 9.74. The van der Waals surface area contributed by atoms with Gasteiger partial charge in [-0.25, -0.2) is 8.78 Å². The Morgan fingerprint density at radius 1 is 0.875 bits per heavy atom. The second-order valence-corrected chi connectivity index (χ2v) is 7.81. The van der Waals surface area contributed by atoms with Crippen LogP contribution in [0, 0.1) is 24.5 Å². The van der Waals surface area contributed by atoms with Gasteiger partial charge in [0, 0.05) is 0 Å². The Hall–Kier alpha value is -1.18. The Morgan fingerprint density at radius 2 is 1.46 bits per heavy atom. The van der Waals surface area contributed by atoms with Crippen LogP contribution in [0.25, 0.3) is 0 Å². The molecule has 0 N–H and O–H groups in total. The standard InChI is InChI=1S/C22H30F2/c1-3-4-16-6-8-17(9-7-16)18-10-12-19(13-11-18)20-14-5-15(2)21(23)22(20)24/h5,14,16,19H,3-4,6-13H2,1-2H3. The van der Waals surface area contributed by atoms with Gasteiger partial charge in [-0.2, -0.15) is 0 Å². The second kappa shape index (κ2) is 7.80. The minimum absolute atomic E-state index is 0.181. The molecule has 2 heteroatoms. The number of halogens is 2. The summed E-state index contributed by atoms with van der Waals surface area (Å²) in [6, 6.07) is 3.52. The van der Waals surface area contributed by atoms with Crippen LogP contribution in [0.5, 0.6) is 0 Å². The second-order valence-electron chi connectivity index (χ2n) is 7.81. The highest BCUT2D eigenvalue weighted by atomic mass is 19.2. The molecule has 0 aromatic heterocycles. The van der Waals surface area contributed by atoms with E-state index in [0.717, 1.165) is 31.6 Å². The lowest BCUT2D eigenvalue weighted by atomic mass is 9.75. The van der Waals surface area contributed by atoms with Crippen molar-refractivity contribution in [3.8, 4) is 0 Å². The zero-order chi connectivity index (χ0) is 17.1. The van der Waals surface area contributed by atoms with Crippen LogP contribution < -0.4 is 0 Å². The first-order valence-corrected chi connectivity index (χ1v) is 9.74. The summed E-state index contributed by atoms with van der Waals surface area (Å²) in [7, 11) is 0. The van der Waals surface area contributed by atoms with Gasteiger partial charge in [0.05, 0.1) is 0 Å². The van der Waals surface area contributed by atoms with Crippen LogP contribution in [0.15, 0.2) is 23.3 Å². The fraction of sp³-hybridized carbons (Fsp3) is 0.636. The van der Waals surface area contributed by atoms with Crippen LogP contribution in [-0.2, 0) is 0 Å². The van der Waals surface area contributed by atoms with Crippen LogP contribution in [0.2, 0.25) is 0 Å². The van der Waals surface area contributed by atoms with E-state index in [-0.39, 0.29) is 5.92 Å². The van der Waals surface area contributed by atoms with E-state index in [1.807, 2.05) is 0 Å². The molecule has 2 aliphatic rings. The number of rotatable bonds is 3. The highest BCUT2D eigenvalue weighted by molar-refractivity contribution is 5.30. The van der Waals surface area contributed by atoms with Gasteiger partial charge in [-0.15, -0.1) is 0 Å². The van der Waals surface area contributed by atoms with Gasteiger partial charge >= 0.3 is 0 Å². The van der Waals surface area contributed by atoms with Crippen molar-refractivity contribution >= 4 is 0 Å². The van der Waals surface area contributed by atoms with Crippen LogP contribution >= 0.6 is 0 Å². The number of hydrogen-bond donors (Lipinski definition) is 0. The first-order chi connectivity index (χ1) is 11.6. The summed E-state index contributed by atoms with van der Waals surface area (Å²) in [6.45, 7) is 3.91. The van der Waals surface area contributed by atoms with Crippen LogP contribution in [-0.4, -0.2) is 0 Å². The van der Waals surface area contributed by atoms with Gasteiger partial charge in [-0.3, -0.25) is 0 Å². The van der Waals surface area contributed by atoms with E-state index in [9.17, 15) is 8.78 Å². The largest absolute Gasteiger partial charge is 0.203 e. The van der Waals surface area contributed by atoms with Crippen molar-refractivity contribution in [3.63, 3.8) is 0 Å². The SMILES string of the molecule is CCCC1CCC(=C2CCC(c3ccc(C)c(F)c3F)CC2)CC1. The van der Waals surface area contributed by atoms with E-state index >= 15 is 0 Å². The van der Waals surface area contributed by atoms with E-state index in [1.165, 1.54) is 38.5 Å². The normalized spacial score (nSPS) is 25.2. The molecule has 2 fully saturated rings. The third-order valence-corrected chi connectivity index (χ3v) is 6.24. The number of aryl methyl sites for hydroxylation is 1. The molecule has 132 valence electrons. The Kier molecular flexibility index (Phi) is 5.73. The van der Waals surface area contributed by atoms with Gasteiger partial charge in [0.25, 0.3) is 0 Å². The number of hydrogen-bond acceptors (Lipinski definition) is 0. The molecule has 0 spiro atoms. The Labute approximate surface area is 145 Å². The van der Waals surface area contributed by atoms with Gasteiger partial charge < -0.3 is 0 Å². The molecule has 3 rings (SSSR count). The summed E-state index contributed by atoms with van der Waals surface area (Å²) < 4.78 is 28.1. The molecule has 1 aromatic carbocycles. The zero-order valence-corrected chi connectivity index (χ0v) is 15.1. The maximum absolute atomic E-state index is 14.2. The monoisotopic (exact) mass is 332 g/mol. The average Bonchev–Trinajstić information content (AvgIpc) is 2.61. The Morgan fingerprint density at radius 3 is 2.04 bits per heavy atom. The zero-order valence-electron chi connectivity index (χ0n) is 15.1. The molecule has 0 radical (unpaired) electrons. The summed E-state index contributed by atoms with van der Waals surface area (Å²) in [6.07, 6.45) is 12.0. The van der Waals surface area contributed by atoms with Gasteiger partial charge in [-0.1, -0.05) is 43.0 Å². The summed E-state index contributed by atoms with van der Waals surface area (Å²) in [5, 5.41) is 0. The first kappa shape index (κ1) is 17.6. The van der Waals surface area contributed by atoms with Crippen molar-refractivity contribution in [3.05, 3.63) is 46.0 Å². The molecule has 24 heavy (non-hydrogen) atoms. The highest BCUT2D eigenvalue weighted by Crippen LogP contribution is 2.41. The Bertz CT molecular complexity index is 595. The van der Waals surface area contributed by atoms with E-state index in [4.69, 9.17) is 0 Å². The fourth-order valence-corrected chi connectivity index (χ4v) is 4.68. The number of allylic oxidation sites excluding steroid dienone is 2. The third kappa shape index (κ3) is 3.73. The van der Waals surface area contributed by atoms with Crippen molar-refractivity contribution in [1.29, 1.82) is 0 Å². The predicted octanol–water partition coefficient (Wildman–Crippen LogP) is 7.22. The summed E-state index contributed by atoms with van der Waals surface area (Å²) in [5.74, 6) is -0.164. The molecular formula is C22H30F2. The Balaban J connectivity index is 1.62. The topological polar surface area (TPSA) is 0 Å². The van der Waals surface area contributed by atoms with Crippen molar-refractivity contribution < 1.29 is 8.78 Å². The van der Waals surface area contributed by atoms with Crippen molar-refractivity contribution in [2.24, 2.45) is 5.92 Å². The van der Waals surface area contributed by atoms with Gasteiger partial charge in [0.15, 0.2) is 11.6 Å². The van der Waals surface area contributed by atoms with E-state index in [0.29, 0.717) is 11.1 Å². The lowest BCUT2D eigenvalue weighted by molar-refractivity contribution is 0.373. The molecule has 0 amide bonds. The quantitative estimate of drug-likeness (QED) is 0.513. The van der Waals surface area contributed by atoms with Crippen LogP contribution in [0.4, 0.5) is 8.78 Å². The summed E-state index contributed by atoms with van der Waals surface area (Å²) in [4.78, 5) is 0. The molecule has 0 atom stereocenters. The lowest BCUT2D eigenvalue weighted by Gasteiger charge is -2.30. The molecule has 0 unspecified atom stereocenters.